The molecule has 2 atom stereocenters. The number of nitriles is 1. The second-order valence-electron chi connectivity index (χ2n) is 7.02. The second kappa shape index (κ2) is 12.9. The first kappa shape index (κ1) is 24.6. The summed E-state index contributed by atoms with van der Waals surface area (Å²) in [5.41, 5.74) is 1.51. The summed E-state index contributed by atoms with van der Waals surface area (Å²) in [6, 6.07) is 14.7. The molecule has 6 nitrogen and oxygen atoms in total. The lowest BCUT2D eigenvalue weighted by molar-refractivity contribution is -0.117. The Morgan fingerprint density at radius 1 is 1.26 bits per heavy atom. The predicted molar refractivity (Wildman–Crippen MR) is 124 cm³/mol. The molecule has 0 aliphatic heterocycles. The van der Waals surface area contributed by atoms with Gasteiger partial charge in [-0.25, -0.2) is 4.98 Å². The van der Waals surface area contributed by atoms with Crippen LogP contribution in [0.3, 0.4) is 0 Å². The number of hydrogen-bond acceptors (Lipinski definition) is 5. The normalized spacial score (nSPS) is 13.2. The summed E-state index contributed by atoms with van der Waals surface area (Å²) < 4.78 is 11.9. The maximum atomic E-state index is 12.7. The van der Waals surface area contributed by atoms with Gasteiger partial charge in [0.1, 0.15) is 28.6 Å². The SMILES string of the molecule is CCCC(NC(=O)/C(C#N)=C/c1cccc(Br)n1)c1ccc(OCC(C)OCC)cc1. The molecule has 164 valence electrons. The Bertz CT molecular complexity index is 922. The summed E-state index contributed by atoms with van der Waals surface area (Å²) in [7, 11) is 0. The Morgan fingerprint density at radius 3 is 2.61 bits per heavy atom. The Labute approximate surface area is 192 Å². The molecule has 31 heavy (non-hydrogen) atoms. The van der Waals surface area contributed by atoms with Crippen molar-refractivity contribution in [2.45, 2.75) is 45.8 Å². The average molecular weight is 486 g/mol. The highest BCUT2D eigenvalue weighted by Gasteiger charge is 2.17. The minimum atomic E-state index is -0.423. The van der Waals surface area contributed by atoms with Crippen molar-refractivity contribution in [2.24, 2.45) is 0 Å². The van der Waals surface area contributed by atoms with Gasteiger partial charge < -0.3 is 14.8 Å². The Balaban J connectivity index is 2.09. The van der Waals surface area contributed by atoms with Crippen molar-refractivity contribution in [1.82, 2.24) is 10.3 Å². The van der Waals surface area contributed by atoms with Crippen molar-refractivity contribution in [2.75, 3.05) is 13.2 Å². The van der Waals surface area contributed by atoms with Crippen LogP contribution in [-0.4, -0.2) is 30.2 Å². The molecule has 0 bridgehead atoms. The van der Waals surface area contributed by atoms with E-state index in [4.69, 9.17) is 9.47 Å². The van der Waals surface area contributed by atoms with Crippen LogP contribution in [0.2, 0.25) is 0 Å². The van der Waals surface area contributed by atoms with E-state index in [-0.39, 0.29) is 17.7 Å². The van der Waals surface area contributed by atoms with E-state index < -0.39 is 5.91 Å². The predicted octanol–water partition coefficient (Wildman–Crippen LogP) is 5.21. The van der Waals surface area contributed by atoms with Gasteiger partial charge in [-0.15, -0.1) is 0 Å². The van der Waals surface area contributed by atoms with Crippen LogP contribution >= 0.6 is 15.9 Å². The number of benzene rings is 1. The van der Waals surface area contributed by atoms with E-state index in [9.17, 15) is 10.1 Å². The summed E-state index contributed by atoms with van der Waals surface area (Å²) in [5.74, 6) is 0.323. The zero-order valence-corrected chi connectivity index (χ0v) is 19.7. The van der Waals surface area contributed by atoms with Gasteiger partial charge in [0, 0.05) is 6.61 Å². The van der Waals surface area contributed by atoms with Gasteiger partial charge in [-0.2, -0.15) is 5.26 Å². The van der Waals surface area contributed by atoms with Gasteiger partial charge in [0.05, 0.1) is 17.8 Å². The van der Waals surface area contributed by atoms with Crippen molar-refractivity contribution in [3.05, 3.63) is 63.9 Å². The monoisotopic (exact) mass is 485 g/mol. The molecule has 0 spiro atoms. The molecule has 2 rings (SSSR count). The molecule has 0 saturated heterocycles. The summed E-state index contributed by atoms with van der Waals surface area (Å²) in [6.45, 7) is 7.10. The topological polar surface area (TPSA) is 84.2 Å². The molecular weight excluding hydrogens is 458 g/mol. The van der Waals surface area contributed by atoms with Gasteiger partial charge in [-0.1, -0.05) is 31.5 Å². The summed E-state index contributed by atoms with van der Waals surface area (Å²) in [6.07, 6.45) is 3.14. The smallest absolute Gasteiger partial charge is 0.262 e. The molecule has 0 saturated carbocycles. The third kappa shape index (κ3) is 8.16. The van der Waals surface area contributed by atoms with E-state index in [2.05, 4.69) is 33.2 Å². The van der Waals surface area contributed by atoms with Crippen LogP contribution < -0.4 is 10.1 Å². The Morgan fingerprint density at radius 2 is 2.00 bits per heavy atom. The highest BCUT2D eigenvalue weighted by Crippen LogP contribution is 2.22. The zero-order valence-electron chi connectivity index (χ0n) is 18.1. The average Bonchev–Trinajstić information content (AvgIpc) is 2.76. The molecule has 1 aromatic heterocycles. The number of amides is 1. The summed E-state index contributed by atoms with van der Waals surface area (Å²) >= 11 is 3.29. The van der Waals surface area contributed by atoms with Crippen LogP contribution in [-0.2, 0) is 9.53 Å². The standard InChI is InChI=1S/C24H28BrN3O3/c1-4-7-22(18-10-12-21(13-11-18)31-16-17(3)30-5-2)28-24(29)19(15-26)14-20-8-6-9-23(25)27-20/h6,8-14,17,22H,4-5,7,16H2,1-3H3,(H,28,29)/b19-14+. The third-order valence-corrected chi connectivity index (χ3v) is 4.94. The summed E-state index contributed by atoms with van der Waals surface area (Å²) in [4.78, 5) is 17.0. The molecule has 0 radical (unpaired) electrons. The molecule has 1 amide bonds. The van der Waals surface area contributed by atoms with Gasteiger partial charge in [-0.3, -0.25) is 4.79 Å². The number of nitrogens with one attached hydrogen (secondary N) is 1. The maximum Gasteiger partial charge on any atom is 0.262 e. The minimum absolute atomic E-state index is 0.0107. The second-order valence-corrected chi connectivity index (χ2v) is 7.83. The highest BCUT2D eigenvalue weighted by molar-refractivity contribution is 9.10. The molecule has 7 heteroatoms. The lowest BCUT2D eigenvalue weighted by Crippen LogP contribution is -2.29. The zero-order chi connectivity index (χ0) is 22.6. The number of carbonyl (C=O) groups excluding carboxylic acids is 1. The fourth-order valence-electron chi connectivity index (χ4n) is 2.99. The van der Waals surface area contributed by atoms with Crippen molar-refractivity contribution >= 4 is 27.9 Å². The minimum Gasteiger partial charge on any atom is -0.491 e. The Kier molecular flexibility index (Phi) is 10.2. The van der Waals surface area contributed by atoms with Crippen LogP contribution in [0.4, 0.5) is 0 Å². The number of pyridine rings is 1. The van der Waals surface area contributed by atoms with E-state index in [1.807, 2.05) is 44.2 Å². The maximum absolute atomic E-state index is 12.7. The molecule has 1 N–H and O–H groups in total. The van der Waals surface area contributed by atoms with E-state index in [1.54, 1.807) is 18.2 Å². The van der Waals surface area contributed by atoms with Crippen LogP contribution in [0.25, 0.3) is 6.08 Å². The van der Waals surface area contributed by atoms with Gasteiger partial charge >= 0.3 is 0 Å². The number of hydrogen-bond donors (Lipinski definition) is 1. The van der Waals surface area contributed by atoms with Crippen LogP contribution in [0, 0.1) is 11.3 Å². The van der Waals surface area contributed by atoms with Gasteiger partial charge in [0.15, 0.2) is 0 Å². The number of aromatic nitrogens is 1. The lowest BCUT2D eigenvalue weighted by Gasteiger charge is -2.19. The van der Waals surface area contributed by atoms with Crippen LogP contribution in [0.5, 0.6) is 5.75 Å². The molecule has 1 aromatic carbocycles. The van der Waals surface area contributed by atoms with Gasteiger partial charge in [-0.05, 0) is 72.1 Å². The van der Waals surface area contributed by atoms with Crippen molar-refractivity contribution < 1.29 is 14.3 Å². The number of nitrogens with zero attached hydrogens (tertiary/aromatic N) is 2. The molecule has 0 aliphatic rings. The molecular formula is C24H28BrN3O3. The van der Waals surface area contributed by atoms with Crippen molar-refractivity contribution in [1.29, 1.82) is 5.26 Å². The van der Waals surface area contributed by atoms with E-state index in [1.165, 1.54) is 6.08 Å². The third-order valence-electron chi connectivity index (χ3n) is 4.49. The molecule has 0 aliphatic carbocycles. The number of carbonyl (C=O) groups is 1. The first-order valence-corrected chi connectivity index (χ1v) is 11.2. The fourth-order valence-corrected chi connectivity index (χ4v) is 3.35. The van der Waals surface area contributed by atoms with Crippen molar-refractivity contribution in [3.8, 4) is 11.8 Å². The van der Waals surface area contributed by atoms with Crippen LogP contribution in [0.1, 0.15) is 50.9 Å². The van der Waals surface area contributed by atoms with E-state index in [0.717, 1.165) is 24.2 Å². The largest absolute Gasteiger partial charge is 0.491 e. The van der Waals surface area contributed by atoms with Gasteiger partial charge in [0.25, 0.3) is 5.91 Å². The molecule has 2 unspecified atom stereocenters. The first-order valence-electron chi connectivity index (χ1n) is 10.4. The number of ether oxygens (including phenoxy) is 2. The lowest BCUT2D eigenvalue weighted by atomic mass is 10.0. The molecule has 0 fully saturated rings. The molecule has 2 aromatic rings. The van der Waals surface area contributed by atoms with Crippen LogP contribution in [0.15, 0.2) is 52.6 Å². The van der Waals surface area contributed by atoms with E-state index >= 15 is 0 Å². The quantitative estimate of drug-likeness (QED) is 0.268. The highest BCUT2D eigenvalue weighted by atomic mass is 79.9. The number of halogens is 1. The Hall–Kier alpha value is -2.69. The van der Waals surface area contributed by atoms with E-state index in [0.29, 0.717) is 23.5 Å². The van der Waals surface area contributed by atoms with Gasteiger partial charge in [0.2, 0.25) is 0 Å². The number of rotatable bonds is 11. The first-order chi connectivity index (χ1) is 15.0. The van der Waals surface area contributed by atoms with Crippen molar-refractivity contribution in [3.63, 3.8) is 0 Å². The summed E-state index contributed by atoms with van der Waals surface area (Å²) in [5, 5.41) is 12.4. The fraction of sp³-hybridized carbons (Fsp3) is 0.375. The molecule has 1 heterocycles.